The Balaban J connectivity index is 1.49. The molecule has 2 heterocycles. The minimum absolute atomic E-state index is 0.0611. The van der Waals surface area contributed by atoms with Crippen LogP contribution in [0.4, 0.5) is 0 Å². The summed E-state index contributed by atoms with van der Waals surface area (Å²) in [5, 5.41) is 1.07. The summed E-state index contributed by atoms with van der Waals surface area (Å²) in [6.07, 6.45) is 3.53. The van der Waals surface area contributed by atoms with Crippen LogP contribution < -0.4 is 4.74 Å². The average Bonchev–Trinajstić information content (AvgIpc) is 3.17. The molecule has 5 heteroatoms. The fourth-order valence-corrected chi connectivity index (χ4v) is 4.38. The number of fused-ring (bicyclic) bond motifs is 1. The Morgan fingerprint density at radius 2 is 1.84 bits per heavy atom. The first kappa shape index (κ1) is 22.2. The number of allylic oxidation sites excluding steroid dienone is 1. The van der Waals surface area contributed by atoms with Gasteiger partial charge in [-0.05, 0) is 50.5 Å². The van der Waals surface area contributed by atoms with E-state index in [0.717, 1.165) is 71.7 Å². The highest BCUT2D eigenvalue weighted by atomic mass is 16.5. The molecule has 1 fully saturated rings. The van der Waals surface area contributed by atoms with Crippen LogP contribution in [-0.2, 0) is 11.3 Å². The van der Waals surface area contributed by atoms with E-state index in [0.29, 0.717) is 6.61 Å². The van der Waals surface area contributed by atoms with Crippen molar-refractivity contribution in [3.05, 3.63) is 71.0 Å². The largest absolute Gasteiger partial charge is 0.493 e. The molecule has 168 valence electrons. The number of hydrogen-bond acceptors (Lipinski definition) is 4. The van der Waals surface area contributed by atoms with E-state index in [1.165, 1.54) is 5.56 Å². The molecule has 1 amide bonds. The predicted molar refractivity (Wildman–Crippen MR) is 129 cm³/mol. The first-order chi connectivity index (χ1) is 15.5. The first-order valence-electron chi connectivity index (χ1n) is 11.4. The zero-order valence-corrected chi connectivity index (χ0v) is 19.5. The Kier molecular flexibility index (Phi) is 6.66. The van der Waals surface area contributed by atoms with Crippen LogP contribution in [0.2, 0.25) is 0 Å². The number of benzene rings is 2. The van der Waals surface area contributed by atoms with Crippen molar-refractivity contribution in [2.45, 2.75) is 34.2 Å². The van der Waals surface area contributed by atoms with Gasteiger partial charge in [0.05, 0.1) is 12.9 Å². The number of carbonyl (C=O) groups excluding carboxylic acids is 1. The lowest BCUT2D eigenvalue weighted by Gasteiger charge is -2.34. The fraction of sp³-hybridized carbons (Fsp3) is 0.370. The van der Waals surface area contributed by atoms with Crippen molar-refractivity contribution < 1.29 is 13.9 Å². The van der Waals surface area contributed by atoms with Crippen LogP contribution in [0, 0.1) is 13.8 Å². The third kappa shape index (κ3) is 4.58. The highest BCUT2D eigenvalue weighted by Gasteiger charge is 2.22. The van der Waals surface area contributed by atoms with Crippen molar-refractivity contribution >= 4 is 22.4 Å². The van der Waals surface area contributed by atoms with Crippen molar-refractivity contribution in [3.8, 4) is 5.75 Å². The predicted octanol–water partition coefficient (Wildman–Crippen LogP) is 5.20. The van der Waals surface area contributed by atoms with Gasteiger partial charge in [-0.3, -0.25) is 9.69 Å². The fourth-order valence-electron chi connectivity index (χ4n) is 4.38. The third-order valence-corrected chi connectivity index (χ3v) is 6.22. The minimum atomic E-state index is 0.0611. The molecule has 1 saturated heterocycles. The van der Waals surface area contributed by atoms with Crippen LogP contribution in [0.5, 0.6) is 5.75 Å². The van der Waals surface area contributed by atoms with E-state index in [9.17, 15) is 4.79 Å². The SMILES string of the molecule is CCOc1c(/C(C)=C/C(=O)N2CCN(Cc3ccccc3)CC2)cc2c(C)coc2c1C. The first-order valence-corrected chi connectivity index (χ1v) is 11.4. The smallest absolute Gasteiger partial charge is 0.246 e. The van der Waals surface area contributed by atoms with Crippen molar-refractivity contribution in [2.75, 3.05) is 32.8 Å². The molecule has 0 radical (unpaired) electrons. The molecule has 0 bridgehead atoms. The summed E-state index contributed by atoms with van der Waals surface area (Å²) in [7, 11) is 0. The van der Waals surface area contributed by atoms with Crippen LogP contribution in [0.25, 0.3) is 16.5 Å². The van der Waals surface area contributed by atoms with Gasteiger partial charge in [0.2, 0.25) is 5.91 Å². The molecule has 0 saturated carbocycles. The molecular formula is C27H32N2O3. The Morgan fingerprint density at radius 3 is 2.53 bits per heavy atom. The molecule has 3 aromatic rings. The van der Waals surface area contributed by atoms with Crippen LogP contribution in [0.15, 0.2) is 53.2 Å². The summed E-state index contributed by atoms with van der Waals surface area (Å²) >= 11 is 0. The van der Waals surface area contributed by atoms with E-state index >= 15 is 0 Å². The van der Waals surface area contributed by atoms with Gasteiger partial charge in [0.1, 0.15) is 11.3 Å². The van der Waals surface area contributed by atoms with E-state index in [4.69, 9.17) is 9.15 Å². The van der Waals surface area contributed by atoms with Gasteiger partial charge in [-0.15, -0.1) is 0 Å². The maximum Gasteiger partial charge on any atom is 0.246 e. The molecule has 0 aliphatic carbocycles. The van der Waals surface area contributed by atoms with Gasteiger partial charge < -0.3 is 14.1 Å². The van der Waals surface area contributed by atoms with E-state index < -0.39 is 0 Å². The standard InChI is InChI=1S/C27H32N2O3/c1-5-31-26-21(4)27-24(20(3)18-32-27)16-23(26)19(2)15-25(30)29-13-11-28(12-14-29)17-22-9-7-6-8-10-22/h6-10,15-16,18H,5,11-14,17H2,1-4H3/b19-15+. The van der Waals surface area contributed by atoms with Crippen molar-refractivity contribution in [1.29, 1.82) is 0 Å². The van der Waals surface area contributed by atoms with E-state index in [-0.39, 0.29) is 5.91 Å². The molecule has 1 aliphatic rings. The van der Waals surface area contributed by atoms with Gasteiger partial charge in [0.25, 0.3) is 0 Å². The van der Waals surface area contributed by atoms with Gasteiger partial charge in [-0.25, -0.2) is 0 Å². The van der Waals surface area contributed by atoms with Crippen LogP contribution in [0.3, 0.4) is 0 Å². The minimum Gasteiger partial charge on any atom is -0.493 e. The molecule has 0 unspecified atom stereocenters. The molecule has 5 nitrogen and oxygen atoms in total. The number of piperazine rings is 1. The monoisotopic (exact) mass is 432 g/mol. The molecule has 0 atom stereocenters. The highest BCUT2D eigenvalue weighted by molar-refractivity contribution is 5.98. The molecule has 2 aromatic carbocycles. The maximum absolute atomic E-state index is 13.1. The van der Waals surface area contributed by atoms with E-state index in [1.54, 1.807) is 12.3 Å². The number of aryl methyl sites for hydroxylation is 2. The van der Waals surface area contributed by atoms with Crippen molar-refractivity contribution in [2.24, 2.45) is 0 Å². The summed E-state index contributed by atoms with van der Waals surface area (Å²) in [5.74, 6) is 0.856. The van der Waals surface area contributed by atoms with Gasteiger partial charge >= 0.3 is 0 Å². The number of nitrogens with zero attached hydrogens (tertiary/aromatic N) is 2. The average molecular weight is 433 g/mol. The van der Waals surface area contributed by atoms with Crippen molar-refractivity contribution in [1.82, 2.24) is 9.80 Å². The summed E-state index contributed by atoms with van der Waals surface area (Å²) in [4.78, 5) is 17.4. The summed E-state index contributed by atoms with van der Waals surface area (Å²) < 4.78 is 11.7. The number of carbonyl (C=O) groups is 1. The van der Waals surface area contributed by atoms with Gasteiger partial charge in [0, 0.05) is 55.3 Å². The van der Waals surface area contributed by atoms with Crippen molar-refractivity contribution in [3.63, 3.8) is 0 Å². The summed E-state index contributed by atoms with van der Waals surface area (Å²) in [5.41, 5.74) is 6.09. The zero-order chi connectivity index (χ0) is 22.7. The van der Waals surface area contributed by atoms with Gasteiger partial charge in [0.15, 0.2) is 0 Å². The lowest BCUT2D eigenvalue weighted by Crippen LogP contribution is -2.47. The molecule has 32 heavy (non-hydrogen) atoms. The lowest BCUT2D eigenvalue weighted by molar-refractivity contribution is -0.127. The second-order valence-corrected chi connectivity index (χ2v) is 8.52. The molecule has 4 rings (SSSR count). The van der Waals surface area contributed by atoms with Crippen LogP contribution in [0.1, 0.15) is 36.1 Å². The molecular weight excluding hydrogens is 400 g/mol. The summed E-state index contributed by atoms with van der Waals surface area (Å²) in [6.45, 7) is 12.8. The zero-order valence-electron chi connectivity index (χ0n) is 19.5. The molecule has 1 aliphatic heterocycles. The van der Waals surface area contributed by atoms with Crippen LogP contribution >= 0.6 is 0 Å². The van der Waals surface area contributed by atoms with Gasteiger partial charge in [-0.2, -0.15) is 0 Å². The Bertz CT molecular complexity index is 1120. The molecule has 0 spiro atoms. The maximum atomic E-state index is 13.1. The second kappa shape index (κ2) is 9.61. The number of ether oxygens (including phenoxy) is 1. The van der Waals surface area contributed by atoms with E-state index in [1.807, 2.05) is 38.7 Å². The molecule has 1 aromatic heterocycles. The Labute approximate surface area is 190 Å². The topological polar surface area (TPSA) is 45.9 Å². The Morgan fingerprint density at radius 1 is 1.12 bits per heavy atom. The lowest BCUT2D eigenvalue weighted by atomic mass is 9.98. The second-order valence-electron chi connectivity index (χ2n) is 8.52. The number of hydrogen-bond donors (Lipinski definition) is 0. The third-order valence-electron chi connectivity index (χ3n) is 6.22. The number of amides is 1. The molecule has 0 N–H and O–H groups in total. The summed E-state index contributed by atoms with van der Waals surface area (Å²) in [6, 6.07) is 12.6. The Hall–Kier alpha value is -3.05. The number of rotatable bonds is 6. The quantitative estimate of drug-likeness (QED) is 0.503. The normalized spacial score (nSPS) is 15.4. The van der Waals surface area contributed by atoms with Crippen LogP contribution in [-0.4, -0.2) is 48.5 Å². The van der Waals surface area contributed by atoms with Gasteiger partial charge in [-0.1, -0.05) is 30.3 Å². The van der Waals surface area contributed by atoms with E-state index in [2.05, 4.69) is 35.2 Å². The number of furan rings is 1. The highest BCUT2D eigenvalue weighted by Crippen LogP contribution is 2.37.